The van der Waals surface area contributed by atoms with Crippen molar-refractivity contribution in [2.24, 2.45) is 5.92 Å². The van der Waals surface area contributed by atoms with Crippen molar-refractivity contribution < 1.29 is 32.6 Å². The third kappa shape index (κ3) is 6.50. The molecular weight excluding hydrogens is 527 g/mol. The van der Waals surface area contributed by atoms with E-state index in [1.165, 1.54) is 24.1 Å². The van der Waals surface area contributed by atoms with Gasteiger partial charge in [0, 0.05) is 54.9 Å². The zero-order valence-electron chi connectivity index (χ0n) is 22.2. The van der Waals surface area contributed by atoms with Gasteiger partial charge in [-0.25, -0.2) is 9.78 Å². The van der Waals surface area contributed by atoms with Gasteiger partial charge in [-0.05, 0) is 43.3 Å². The number of nitrogens with one attached hydrogen (secondary N) is 1. The Balaban J connectivity index is 1.57. The fourth-order valence-electron chi connectivity index (χ4n) is 4.33. The number of alkyl halides is 3. The van der Waals surface area contributed by atoms with Gasteiger partial charge in [-0.2, -0.15) is 13.2 Å². The summed E-state index contributed by atoms with van der Waals surface area (Å²) in [5.74, 6) is -0.512. The molecule has 212 valence electrons. The summed E-state index contributed by atoms with van der Waals surface area (Å²) in [5.41, 5.74) is 1.04. The van der Waals surface area contributed by atoms with Gasteiger partial charge >= 0.3 is 12.2 Å². The van der Waals surface area contributed by atoms with Gasteiger partial charge in [-0.15, -0.1) is 0 Å². The van der Waals surface area contributed by atoms with E-state index in [0.717, 1.165) is 17.7 Å². The fourth-order valence-corrected chi connectivity index (χ4v) is 4.33. The van der Waals surface area contributed by atoms with E-state index < -0.39 is 29.9 Å². The van der Waals surface area contributed by atoms with Crippen molar-refractivity contribution in [3.05, 3.63) is 72.2 Å². The molecule has 0 unspecified atom stereocenters. The second kappa shape index (κ2) is 11.9. The van der Waals surface area contributed by atoms with Gasteiger partial charge < -0.3 is 25.0 Å². The van der Waals surface area contributed by atoms with E-state index in [1.54, 1.807) is 42.5 Å². The SMILES string of the molecule is C[C@@H]1CN([C@H](C)CO)C(=O)c2cc(-c3cccnc3)cnc2O[C@H]1CN(C)C(=O)Nc1ccc(C(F)(F)F)cc1. The maximum absolute atomic E-state index is 13.6. The first-order valence-corrected chi connectivity index (χ1v) is 12.7. The number of halogens is 3. The third-order valence-corrected chi connectivity index (χ3v) is 6.78. The number of rotatable bonds is 6. The summed E-state index contributed by atoms with van der Waals surface area (Å²) in [6, 6.07) is 8.41. The minimum absolute atomic E-state index is 0.0919. The monoisotopic (exact) mass is 557 g/mol. The van der Waals surface area contributed by atoms with Gasteiger partial charge in [0.25, 0.3) is 5.91 Å². The minimum Gasteiger partial charge on any atom is -0.472 e. The summed E-state index contributed by atoms with van der Waals surface area (Å²) < 4.78 is 44.8. The number of nitrogens with zero attached hydrogens (tertiary/aromatic N) is 4. The predicted molar refractivity (Wildman–Crippen MR) is 142 cm³/mol. The molecule has 1 aliphatic heterocycles. The van der Waals surface area contributed by atoms with Gasteiger partial charge in [0.15, 0.2) is 0 Å². The topological polar surface area (TPSA) is 108 Å². The number of benzene rings is 1. The average Bonchev–Trinajstić information content (AvgIpc) is 2.94. The number of aliphatic hydroxyl groups is 1. The van der Waals surface area contributed by atoms with Crippen molar-refractivity contribution in [1.29, 1.82) is 0 Å². The standard InChI is InChI=1S/C28H30F3N5O4/c1-17-14-36(18(2)16-37)26(38)23-11-20(19-5-4-10-32-12-19)13-33-25(23)40-24(17)15-35(3)27(39)34-22-8-6-21(7-9-22)28(29,30)31/h4-13,17-18,24,37H,14-16H2,1-3H3,(H,34,39)/t17-,18-,24+/m1/s1. The number of hydrogen-bond acceptors (Lipinski definition) is 6. The van der Waals surface area contributed by atoms with Crippen LogP contribution in [0.1, 0.15) is 29.8 Å². The number of carbonyl (C=O) groups is 2. The van der Waals surface area contributed by atoms with Crippen LogP contribution in [-0.4, -0.2) is 75.7 Å². The van der Waals surface area contributed by atoms with E-state index in [2.05, 4.69) is 15.3 Å². The number of carbonyl (C=O) groups excluding carboxylic acids is 2. The van der Waals surface area contributed by atoms with E-state index >= 15 is 0 Å². The molecule has 9 nitrogen and oxygen atoms in total. The van der Waals surface area contributed by atoms with Gasteiger partial charge in [-0.3, -0.25) is 9.78 Å². The number of fused-ring (bicyclic) bond motifs is 1. The Labute approximate surface area is 229 Å². The molecule has 3 aromatic rings. The van der Waals surface area contributed by atoms with E-state index in [9.17, 15) is 27.9 Å². The first kappa shape index (κ1) is 28.8. The molecular formula is C28H30F3N5O4. The van der Waals surface area contributed by atoms with Gasteiger partial charge in [0.2, 0.25) is 5.88 Å². The molecule has 1 aliphatic rings. The van der Waals surface area contributed by atoms with Crippen LogP contribution in [0, 0.1) is 5.92 Å². The largest absolute Gasteiger partial charge is 0.472 e. The lowest BCUT2D eigenvalue weighted by Gasteiger charge is -2.37. The van der Waals surface area contributed by atoms with Crippen LogP contribution in [0.2, 0.25) is 0 Å². The Bertz CT molecular complexity index is 1340. The highest BCUT2D eigenvalue weighted by atomic mass is 19.4. The molecule has 3 amide bonds. The Kier molecular flexibility index (Phi) is 8.58. The molecule has 12 heteroatoms. The van der Waals surface area contributed by atoms with Crippen molar-refractivity contribution in [3.8, 4) is 17.0 Å². The van der Waals surface area contributed by atoms with E-state index in [0.29, 0.717) is 5.56 Å². The summed E-state index contributed by atoms with van der Waals surface area (Å²) in [6.07, 6.45) is -0.203. The van der Waals surface area contributed by atoms with Crippen molar-refractivity contribution in [2.75, 3.05) is 32.1 Å². The number of pyridine rings is 2. The van der Waals surface area contributed by atoms with Crippen LogP contribution < -0.4 is 10.1 Å². The number of likely N-dealkylation sites (N-methyl/N-ethyl adjacent to an activating group) is 1. The lowest BCUT2D eigenvalue weighted by atomic mass is 9.99. The number of aliphatic hydroxyl groups excluding tert-OH is 1. The normalized spacial score (nSPS) is 18.2. The maximum Gasteiger partial charge on any atom is 0.416 e. The molecule has 0 spiro atoms. The summed E-state index contributed by atoms with van der Waals surface area (Å²) in [7, 11) is 1.54. The molecule has 2 aromatic heterocycles. The van der Waals surface area contributed by atoms with Crippen LogP contribution in [0.3, 0.4) is 0 Å². The first-order chi connectivity index (χ1) is 19.0. The Morgan fingerprint density at radius 3 is 2.58 bits per heavy atom. The van der Waals surface area contributed by atoms with Gasteiger partial charge in [0.1, 0.15) is 11.7 Å². The average molecular weight is 558 g/mol. The first-order valence-electron chi connectivity index (χ1n) is 12.7. The molecule has 3 atom stereocenters. The molecule has 2 N–H and O–H groups in total. The highest BCUT2D eigenvalue weighted by Crippen LogP contribution is 2.31. The van der Waals surface area contributed by atoms with Crippen molar-refractivity contribution >= 4 is 17.6 Å². The zero-order chi connectivity index (χ0) is 29.0. The molecule has 0 saturated carbocycles. The Hall–Kier alpha value is -4.19. The number of aromatic nitrogens is 2. The third-order valence-electron chi connectivity index (χ3n) is 6.78. The lowest BCUT2D eigenvalue weighted by Crippen LogP contribution is -2.50. The number of urea groups is 1. The van der Waals surface area contributed by atoms with Crippen LogP contribution >= 0.6 is 0 Å². The predicted octanol–water partition coefficient (Wildman–Crippen LogP) is 4.55. The minimum atomic E-state index is -4.48. The number of anilines is 1. The van der Waals surface area contributed by atoms with Crippen LogP contribution in [0.4, 0.5) is 23.7 Å². The molecule has 0 bridgehead atoms. The van der Waals surface area contributed by atoms with Crippen LogP contribution in [-0.2, 0) is 6.18 Å². The molecule has 0 aliphatic carbocycles. The fraction of sp³-hybridized carbons (Fsp3) is 0.357. The van der Waals surface area contributed by atoms with Crippen molar-refractivity contribution in [2.45, 2.75) is 32.2 Å². The summed E-state index contributed by atoms with van der Waals surface area (Å²) in [5, 5.41) is 12.4. The van der Waals surface area contributed by atoms with Crippen molar-refractivity contribution in [1.82, 2.24) is 19.8 Å². The number of hydrogen-bond donors (Lipinski definition) is 2. The lowest BCUT2D eigenvalue weighted by molar-refractivity contribution is -0.137. The van der Waals surface area contributed by atoms with Crippen LogP contribution in [0.25, 0.3) is 11.1 Å². The maximum atomic E-state index is 13.6. The molecule has 0 fully saturated rings. The quantitative estimate of drug-likeness (QED) is 0.461. The zero-order valence-corrected chi connectivity index (χ0v) is 22.2. The van der Waals surface area contributed by atoms with Gasteiger partial charge in [0.05, 0.1) is 24.8 Å². The summed E-state index contributed by atoms with van der Waals surface area (Å²) in [6.45, 7) is 3.70. The molecule has 0 saturated heterocycles. The summed E-state index contributed by atoms with van der Waals surface area (Å²) in [4.78, 5) is 37.9. The highest BCUT2D eigenvalue weighted by Gasteiger charge is 2.35. The van der Waals surface area contributed by atoms with Crippen molar-refractivity contribution in [3.63, 3.8) is 0 Å². The second-order valence-electron chi connectivity index (χ2n) is 9.83. The van der Waals surface area contributed by atoms with E-state index in [4.69, 9.17) is 4.74 Å². The number of amides is 3. The molecule has 0 radical (unpaired) electrons. The summed E-state index contributed by atoms with van der Waals surface area (Å²) >= 11 is 0. The smallest absolute Gasteiger partial charge is 0.416 e. The van der Waals surface area contributed by atoms with Crippen LogP contribution in [0.5, 0.6) is 5.88 Å². The Morgan fingerprint density at radius 1 is 1.23 bits per heavy atom. The molecule has 40 heavy (non-hydrogen) atoms. The van der Waals surface area contributed by atoms with E-state index in [1.807, 2.05) is 13.0 Å². The molecule has 1 aromatic carbocycles. The molecule has 4 rings (SSSR count). The highest BCUT2D eigenvalue weighted by molar-refractivity contribution is 5.98. The second-order valence-corrected chi connectivity index (χ2v) is 9.83. The van der Waals surface area contributed by atoms with Crippen LogP contribution in [0.15, 0.2) is 61.1 Å². The van der Waals surface area contributed by atoms with Gasteiger partial charge in [-0.1, -0.05) is 13.0 Å². The molecule has 3 heterocycles. The number of ether oxygens (including phenoxy) is 1. The van der Waals surface area contributed by atoms with E-state index in [-0.39, 0.29) is 48.7 Å². The Morgan fingerprint density at radius 2 is 1.95 bits per heavy atom.